The zero-order valence-electron chi connectivity index (χ0n) is 12.0. The van der Waals surface area contributed by atoms with Gasteiger partial charge in [0.15, 0.2) is 11.5 Å². The number of amides is 1. The Labute approximate surface area is 122 Å². The first kappa shape index (κ1) is 14.6. The summed E-state index contributed by atoms with van der Waals surface area (Å²) < 4.78 is 10.3. The molecule has 0 aliphatic carbocycles. The molecule has 0 unspecified atom stereocenters. The molecule has 21 heavy (non-hydrogen) atoms. The molecule has 0 aliphatic heterocycles. The lowest BCUT2D eigenvalue weighted by Gasteiger charge is -2.03. The Hall–Kier alpha value is -2.76. The van der Waals surface area contributed by atoms with Gasteiger partial charge in [0, 0.05) is 0 Å². The molecule has 0 bridgehead atoms. The van der Waals surface area contributed by atoms with E-state index in [1.807, 2.05) is 0 Å². The van der Waals surface area contributed by atoms with Crippen molar-refractivity contribution in [1.82, 2.24) is 5.43 Å². The van der Waals surface area contributed by atoms with E-state index in [0.29, 0.717) is 28.4 Å². The number of methoxy groups -OCH3 is 1. The third-order valence-electron chi connectivity index (χ3n) is 2.87. The lowest BCUT2D eigenvalue weighted by molar-refractivity contribution is 0.0953. The molecular weight excluding hydrogens is 272 g/mol. The first-order valence-electron chi connectivity index (χ1n) is 6.28. The molecule has 0 aliphatic rings. The van der Waals surface area contributed by atoms with Crippen molar-refractivity contribution in [2.45, 2.75) is 13.8 Å². The van der Waals surface area contributed by atoms with Crippen LogP contribution in [0.2, 0.25) is 0 Å². The zero-order chi connectivity index (χ0) is 15.4. The Morgan fingerprint density at radius 1 is 1.38 bits per heavy atom. The summed E-state index contributed by atoms with van der Waals surface area (Å²) in [5, 5.41) is 13.4. The van der Waals surface area contributed by atoms with Gasteiger partial charge in [-0.05, 0) is 43.7 Å². The molecule has 1 heterocycles. The molecule has 0 saturated heterocycles. The van der Waals surface area contributed by atoms with Gasteiger partial charge in [0.2, 0.25) is 0 Å². The third kappa shape index (κ3) is 3.42. The van der Waals surface area contributed by atoms with Crippen molar-refractivity contribution < 1.29 is 19.1 Å². The number of carbonyl (C=O) groups is 1. The molecule has 1 aromatic carbocycles. The Balaban J connectivity index is 2.05. The fourth-order valence-electron chi connectivity index (χ4n) is 1.86. The normalized spacial score (nSPS) is 10.8. The summed E-state index contributed by atoms with van der Waals surface area (Å²) in [6.45, 7) is 3.49. The van der Waals surface area contributed by atoms with Gasteiger partial charge in [0.25, 0.3) is 5.91 Å². The summed E-state index contributed by atoms with van der Waals surface area (Å²) in [6, 6.07) is 6.41. The number of ether oxygens (including phenoxy) is 1. The fourth-order valence-corrected chi connectivity index (χ4v) is 1.86. The number of benzene rings is 1. The van der Waals surface area contributed by atoms with Crippen LogP contribution in [0.3, 0.4) is 0 Å². The Kier molecular flexibility index (Phi) is 4.27. The molecule has 1 amide bonds. The Morgan fingerprint density at radius 3 is 2.76 bits per heavy atom. The lowest BCUT2D eigenvalue weighted by atomic mass is 10.2. The number of furan rings is 1. The van der Waals surface area contributed by atoms with Gasteiger partial charge in [0.05, 0.1) is 18.9 Å². The van der Waals surface area contributed by atoms with Crippen LogP contribution < -0.4 is 10.2 Å². The van der Waals surface area contributed by atoms with Gasteiger partial charge in [-0.3, -0.25) is 4.79 Å². The number of hydrogen-bond acceptors (Lipinski definition) is 5. The van der Waals surface area contributed by atoms with Crippen molar-refractivity contribution >= 4 is 12.1 Å². The standard InChI is InChI=1S/C15H16N2O4/c1-9-6-12(10(2)21-9)15(19)17-16-8-11-4-5-13(18)14(7-11)20-3/h4-8,18H,1-3H3,(H,17,19)/b16-8-. The molecule has 0 saturated carbocycles. The van der Waals surface area contributed by atoms with E-state index in [9.17, 15) is 9.90 Å². The molecule has 6 nitrogen and oxygen atoms in total. The molecule has 0 spiro atoms. The van der Waals surface area contributed by atoms with Crippen LogP contribution in [0.25, 0.3) is 0 Å². The van der Waals surface area contributed by atoms with Crippen molar-refractivity contribution in [3.05, 3.63) is 46.9 Å². The molecule has 2 rings (SSSR count). The van der Waals surface area contributed by atoms with Crippen LogP contribution in [0.5, 0.6) is 11.5 Å². The van der Waals surface area contributed by atoms with E-state index in [2.05, 4.69) is 10.5 Å². The highest BCUT2D eigenvalue weighted by Crippen LogP contribution is 2.25. The minimum Gasteiger partial charge on any atom is -0.504 e. The van der Waals surface area contributed by atoms with Crippen LogP contribution in [0.1, 0.15) is 27.4 Å². The van der Waals surface area contributed by atoms with E-state index in [0.717, 1.165) is 0 Å². The maximum atomic E-state index is 11.9. The maximum Gasteiger partial charge on any atom is 0.274 e. The first-order valence-corrected chi connectivity index (χ1v) is 6.28. The van der Waals surface area contributed by atoms with Gasteiger partial charge < -0.3 is 14.3 Å². The molecule has 0 radical (unpaired) electrons. The largest absolute Gasteiger partial charge is 0.504 e. The predicted molar refractivity (Wildman–Crippen MR) is 77.9 cm³/mol. The van der Waals surface area contributed by atoms with Gasteiger partial charge in [-0.15, -0.1) is 0 Å². The quantitative estimate of drug-likeness (QED) is 0.668. The summed E-state index contributed by atoms with van der Waals surface area (Å²) in [7, 11) is 1.46. The summed E-state index contributed by atoms with van der Waals surface area (Å²) >= 11 is 0. The second kappa shape index (κ2) is 6.13. The summed E-state index contributed by atoms with van der Waals surface area (Å²) in [6.07, 6.45) is 1.46. The van der Waals surface area contributed by atoms with Crippen molar-refractivity contribution in [3.8, 4) is 11.5 Å². The number of nitrogens with zero attached hydrogens (tertiary/aromatic N) is 1. The number of hydrogen-bond donors (Lipinski definition) is 2. The van der Waals surface area contributed by atoms with Gasteiger partial charge in [0.1, 0.15) is 11.5 Å². The second-order valence-electron chi connectivity index (χ2n) is 4.46. The van der Waals surface area contributed by atoms with Crippen LogP contribution >= 0.6 is 0 Å². The summed E-state index contributed by atoms with van der Waals surface area (Å²) in [4.78, 5) is 11.9. The number of nitrogens with one attached hydrogen (secondary N) is 1. The first-order chi connectivity index (χ1) is 10.0. The molecule has 0 fully saturated rings. The monoisotopic (exact) mass is 288 g/mol. The smallest absolute Gasteiger partial charge is 0.274 e. The molecule has 0 atom stereocenters. The average molecular weight is 288 g/mol. The summed E-state index contributed by atoms with van der Waals surface area (Å²) in [5.41, 5.74) is 3.56. The molecular formula is C15H16N2O4. The highest BCUT2D eigenvalue weighted by atomic mass is 16.5. The minimum absolute atomic E-state index is 0.0446. The molecule has 2 N–H and O–H groups in total. The van der Waals surface area contributed by atoms with E-state index in [-0.39, 0.29) is 11.7 Å². The number of aryl methyl sites for hydroxylation is 2. The van der Waals surface area contributed by atoms with E-state index >= 15 is 0 Å². The maximum absolute atomic E-state index is 11.9. The van der Waals surface area contributed by atoms with Crippen LogP contribution in [-0.2, 0) is 0 Å². The van der Waals surface area contributed by atoms with Crippen LogP contribution in [-0.4, -0.2) is 24.3 Å². The third-order valence-corrected chi connectivity index (χ3v) is 2.87. The van der Waals surface area contributed by atoms with Crippen LogP contribution in [0.4, 0.5) is 0 Å². The fraction of sp³-hybridized carbons (Fsp3) is 0.200. The van der Waals surface area contributed by atoms with Gasteiger partial charge in [-0.1, -0.05) is 0 Å². The van der Waals surface area contributed by atoms with Crippen molar-refractivity contribution in [3.63, 3.8) is 0 Å². The number of aromatic hydroxyl groups is 1. The Bertz CT molecular complexity index is 689. The van der Waals surface area contributed by atoms with Crippen molar-refractivity contribution in [2.75, 3.05) is 7.11 Å². The van der Waals surface area contributed by atoms with Crippen molar-refractivity contribution in [1.29, 1.82) is 0 Å². The number of phenols is 1. The van der Waals surface area contributed by atoms with E-state index in [4.69, 9.17) is 9.15 Å². The molecule has 110 valence electrons. The van der Waals surface area contributed by atoms with Crippen LogP contribution in [0.15, 0.2) is 33.8 Å². The number of hydrazone groups is 1. The van der Waals surface area contributed by atoms with E-state index < -0.39 is 0 Å². The van der Waals surface area contributed by atoms with Gasteiger partial charge in [-0.25, -0.2) is 5.43 Å². The Morgan fingerprint density at radius 2 is 2.14 bits per heavy atom. The number of carbonyl (C=O) groups excluding carboxylic acids is 1. The number of rotatable bonds is 4. The minimum atomic E-state index is -0.341. The zero-order valence-corrected chi connectivity index (χ0v) is 12.0. The van der Waals surface area contributed by atoms with Gasteiger partial charge >= 0.3 is 0 Å². The SMILES string of the molecule is COc1cc(/C=N\NC(=O)c2cc(C)oc2C)ccc1O. The number of phenolic OH excluding ortho intramolecular Hbond substituents is 1. The molecule has 6 heteroatoms. The topological polar surface area (TPSA) is 84.1 Å². The highest BCUT2D eigenvalue weighted by Gasteiger charge is 2.12. The summed E-state index contributed by atoms with van der Waals surface area (Å²) in [5.74, 6) is 1.26. The predicted octanol–water partition coefficient (Wildman–Crippen LogP) is 2.37. The average Bonchev–Trinajstić information content (AvgIpc) is 2.79. The van der Waals surface area contributed by atoms with E-state index in [1.54, 1.807) is 32.0 Å². The van der Waals surface area contributed by atoms with Crippen LogP contribution in [0, 0.1) is 13.8 Å². The van der Waals surface area contributed by atoms with Gasteiger partial charge in [-0.2, -0.15) is 5.10 Å². The second-order valence-corrected chi connectivity index (χ2v) is 4.46. The molecule has 2 aromatic rings. The molecule has 1 aromatic heterocycles. The lowest BCUT2D eigenvalue weighted by Crippen LogP contribution is -2.17. The van der Waals surface area contributed by atoms with E-state index in [1.165, 1.54) is 19.4 Å². The highest BCUT2D eigenvalue weighted by molar-refractivity contribution is 5.95. The van der Waals surface area contributed by atoms with Crippen molar-refractivity contribution in [2.24, 2.45) is 5.10 Å².